The Labute approximate surface area is 195 Å². The van der Waals surface area contributed by atoms with Gasteiger partial charge in [0.1, 0.15) is 4.83 Å². The maximum Gasteiger partial charge on any atom is 0.263 e. The number of benzene rings is 1. The molecule has 0 fully saturated rings. The summed E-state index contributed by atoms with van der Waals surface area (Å²) in [6.45, 7) is 11.2. The Morgan fingerprint density at radius 3 is 2.84 bits per heavy atom. The van der Waals surface area contributed by atoms with Crippen molar-refractivity contribution in [2.45, 2.75) is 57.6 Å². The van der Waals surface area contributed by atoms with E-state index in [1.807, 2.05) is 45.0 Å². The molecular weight excluding hydrogens is 442 g/mol. The van der Waals surface area contributed by atoms with Crippen LogP contribution in [0.1, 0.15) is 35.4 Å². The lowest BCUT2D eigenvalue weighted by Crippen LogP contribution is -2.32. The number of thiophene rings is 1. The molecule has 4 rings (SSSR count). The van der Waals surface area contributed by atoms with Crippen molar-refractivity contribution in [3.8, 4) is 0 Å². The number of nitrogens with one attached hydrogen (secondary N) is 1. The van der Waals surface area contributed by atoms with Crippen LogP contribution in [0, 0.1) is 6.92 Å². The van der Waals surface area contributed by atoms with E-state index in [0.29, 0.717) is 41.5 Å². The van der Waals surface area contributed by atoms with Gasteiger partial charge < -0.3 is 10.1 Å². The first kappa shape index (κ1) is 22.8. The van der Waals surface area contributed by atoms with Gasteiger partial charge in [-0.05, 0) is 31.9 Å². The standard InChI is InChI=1S/C24H27N3O3S2/c1-5-10-27-22(29)20-17-11-24(3,4)30-13-18(17)32-21(20)26-23(27)31-14-19(28)25-12-16-8-6-15(2)7-9-16/h5-9H,1,10-14H2,2-4H3,(H,25,28). The third-order valence-corrected chi connectivity index (χ3v) is 7.49. The fourth-order valence-electron chi connectivity index (χ4n) is 3.70. The molecule has 0 aliphatic carbocycles. The highest BCUT2D eigenvalue weighted by Gasteiger charge is 2.31. The predicted octanol–water partition coefficient (Wildman–Crippen LogP) is 4.21. The van der Waals surface area contributed by atoms with E-state index in [2.05, 4.69) is 11.9 Å². The molecule has 3 aromatic rings. The summed E-state index contributed by atoms with van der Waals surface area (Å²) in [7, 11) is 0. The molecular formula is C24H27N3O3S2. The fraction of sp³-hybridized carbons (Fsp3) is 0.375. The molecule has 0 saturated carbocycles. The van der Waals surface area contributed by atoms with Gasteiger partial charge in [-0.2, -0.15) is 0 Å². The third-order valence-electron chi connectivity index (χ3n) is 5.41. The zero-order valence-corrected chi connectivity index (χ0v) is 20.2. The van der Waals surface area contributed by atoms with Crippen LogP contribution in [0.3, 0.4) is 0 Å². The van der Waals surface area contributed by atoms with Crippen molar-refractivity contribution in [1.29, 1.82) is 0 Å². The fourth-order valence-corrected chi connectivity index (χ4v) is 5.68. The van der Waals surface area contributed by atoms with Crippen LogP contribution < -0.4 is 10.9 Å². The van der Waals surface area contributed by atoms with Gasteiger partial charge in [-0.1, -0.05) is 47.7 Å². The van der Waals surface area contributed by atoms with Crippen molar-refractivity contribution in [3.05, 3.63) is 68.8 Å². The largest absolute Gasteiger partial charge is 0.370 e. The number of aryl methyl sites for hydroxylation is 1. The van der Waals surface area contributed by atoms with Gasteiger partial charge in [-0.15, -0.1) is 17.9 Å². The van der Waals surface area contributed by atoms with Gasteiger partial charge in [-0.3, -0.25) is 14.2 Å². The van der Waals surface area contributed by atoms with Crippen LogP contribution in [-0.4, -0.2) is 26.8 Å². The van der Waals surface area contributed by atoms with Crippen LogP contribution in [-0.2, 0) is 35.6 Å². The normalized spacial score (nSPS) is 14.8. The van der Waals surface area contributed by atoms with Gasteiger partial charge in [0, 0.05) is 24.4 Å². The number of hydrogen-bond donors (Lipinski definition) is 1. The first-order valence-electron chi connectivity index (χ1n) is 10.5. The van der Waals surface area contributed by atoms with Crippen LogP contribution >= 0.6 is 23.1 Å². The summed E-state index contributed by atoms with van der Waals surface area (Å²) < 4.78 is 7.53. The average molecular weight is 470 g/mol. The lowest BCUT2D eigenvalue weighted by molar-refractivity contribution is -0.118. The highest BCUT2D eigenvalue weighted by molar-refractivity contribution is 7.99. The zero-order valence-electron chi connectivity index (χ0n) is 18.6. The molecule has 168 valence electrons. The summed E-state index contributed by atoms with van der Waals surface area (Å²) in [4.78, 5) is 32.4. The number of hydrogen-bond acceptors (Lipinski definition) is 6. The molecule has 1 aromatic carbocycles. The molecule has 0 atom stereocenters. The number of amides is 1. The van der Waals surface area contributed by atoms with Crippen molar-refractivity contribution >= 4 is 39.2 Å². The van der Waals surface area contributed by atoms with Crippen LogP contribution in [0.2, 0.25) is 0 Å². The number of aromatic nitrogens is 2. The summed E-state index contributed by atoms with van der Waals surface area (Å²) in [5.41, 5.74) is 2.89. The topological polar surface area (TPSA) is 73.2 Å². The molecule has 8 heteroatoms. The number of rotatable bonds is 7. The van der Waals surface area contributed by atoms with Gasteiger partial charge in [0.15, 0.2) is 5.16 Å². The molecule has 0 unspecified atom stereocenters. The molecule has 1 amide bonds. The lowest BCUT2D eigenvalue weighted by Gasteiger charge is -2.29. The second-order valence-electron chi connectivity index (χ2n) is 8.56. The monoisotopic (exact) mass is 469 g/mol. The molecule has 1 N–H and O–H groups in total. The maximum atomic E-state index is 13.4. The number of nitrogens with zero attached hydrogens (tertiary/aromatic N) is 2. The Balaban J connectivity index is 1.55. The van der Waals surface area contributed by atoms with Gasteiger partial charge in [-0.25, -0.2) is 4.98 Å². The van der Waals surface area contributed by atoms with Crippen LogP contribution in [0.5, 0.6) is 0 Å². The van der Waals surface area contributed by atoms with E-state index in [0.717, 1.165) is 16.0 Å². The number of fused-ring (bicyclic) bond motifs is 3. The van der Waals surface area contributed by atoms with Crippen molar-refractivity contribution in [2.75, 3.05) is 5.75 Å². The quantitative estimate of drug-likeness (QED) is 0.319. The molecule has 2 aromatic heterocycles. The Bertz CT molecular complexity index is 1230. The summed E-state index contributed by atoms with van der Waals surface area (Å²) in [6.07, 6.45) is 2.36. The minimum Gasteiger partial charge on any atom is -0.370 e. The van der Waals surface area contributed by atoms with Gasteiger partial charge in [0.05, 0.1) is 23.3 Å². The Kier molecular flexibility index (Phi) is 6.55. The van der Waals surface area contributed by atoms with E-state index in [9.17, 15) is 9.59 Å². The second-order valence-corrected chi connectivity index (χ2v) is 10.6. The molecule has 0 bridgehead atoms. The third kappa shape index (κ3) is 4.82. The molecule has 6 nitrogen and oxygen atoms in total. The number of allylic oxidation sites excluding steroid dienone is 1. The minimum atomic E-state index is -0.306. The van der Waals surface area contributed by atoms with E-state index in [4.69, 9.17) is 9.72 Å². The molecule has 1 aliphatic heterocycles. The van der Waals surface area contributed by atoms with E-state index < -0.39 is 0 Å². The smallest absolute Gasteiger partial charge is 0.263 e. The van der Waals surface area contributed by atoms with E-state index in [1.165, 1.54) is 28.7 Å². The second kappa shape index (κ2) is 9.21. The SMILES string of the molecule is C=CCn1c(SCC(=O)NCc2ccc(C)cc2)nc2sc3c(c2c1=O)CC(C)(C)OC3. The molecule has 3 heterocycles. The van der Waals surface area contributed by atoms with Crippen LogP contribution in [0.4, 0.5) is 0 Å². The number of ether oxygens (including phenoxy) is 1. The summed E-state index contributed by atoms with van der Waals surface area (Å²) >= 11 is 2.78. The Morgan fingerprint density at radius 1 is 1.38 bits per heavy atom. The first-order valence-corrected chi connectivity index (χ1v) is 12.3. The molecule has 1 aliphatic rings. The maximum absolute atomic E-state index is 13.4. The van der Waals surface area contributed by atoms with Crippen molar-refractivity contribution < 1.29 is 9.53 Å². The average Bonchev–Trinajstić information content (AvgIpc) is 3.10. The molecule has 0 saturated heterocycles. The van der Waals surface area contributed by atoms with E-state index in [1.54, 1.807) is 10.6 Å². The summed E-state index contributed by atoms with van der Waals surface area (Å²) in [5, 5.41) is 4.14. The van der Waals surface area contributed by atoms with E-state index >= 15 is 0 Å². The predicted molar refractivity (Wildman–Crippen MR) is 130 cm³/mol. The lowest BCUT2D eigenvalue weighted by atomic mass is 9.94. The molecule has 0 spiro atoms. The minimum absolute atomic E-state index is 0.0762. The molecule has 0 radical (unpaired) electrons. The number of carbonyl (C=O) groups excluding carboxylic acids is 1. The zero-order chi connectivity index (χ0) is 22.9. The summed E-state index contributed by atoms with van der Waals surface area (Å²) in [6, 6.07) is 8.05. The highest BCUT2D eigenvalue weighted by atomic mass is 32.2. The van der Waals surface area contributed by atoms with Crippen LogP contribution in [0.25, 0.3) is 10.2 Å². The first-order chi connectivity index (χ1) is 15.3. The number of carbonyl (C=O) groups is 1. The van der Waals surface area contributed by atoms with Gasteiger partial charge in [0.2, 0.25) is 5.91 Å². The number of thioether (sulfide) groups is 1. The van der Waals surface area contributed by atoms with Crippen molar-refractivity contribution in [2.24, 2.45) is 0 Å². The Hall–Kier alpha value is -2.42. The summed E-state index contributed by atoms with van der Waals surface area (Å²) in [5.74, 6) is 0.0815. The van der Waals surface area contributed by atoms with Crippen molar-refractivity contribution in [1.82, 2.24) is 14.9 Å². The van der Waals surface area contributed by atoms with Crippen molar-refractivity contribution in [3.63, 3.8) is 0 Å². The molecule has 32 heavy (non-hydrogen) atoms. The van der Waals surface area contributed by atoms with Gasteiger partial charge >= 0.3 is 0 Å². The van der Waals surface area contributed by atoms with Gasteiger partial charge in [0.25, 0.3) is 5.56 Å². The highest BCUT2D eigenvalue weighted by Crippen LogP contribution is 2.37. The van der Waals surface area contributed by atoms with E-state index in [-0.39, 0.29) is 22.8 Å². The Morgan fingerprint density at radius 2 is 2.12 bits per heavy atom. The van der Waals surface area contributed by atoms with Crippen LogP contribution in [0.15, 0.2) is 46.9 Å².